The summed E-state index contributed by atoms with van der Waals surface area (Å²) in [5.74, 6) is 1.04. The maximum absolute atomic E-state index is 13.1. The summed E-state index contributed by atoms with van der Waals surface area (Å²) < 4.78 is 68.8. The van der Waals surface area contributed by atoms with E-state index in [0.717, 1.165) is 114 Å². The van der Waals surface area contributed by atoms with Gasteiger partial charge >= 0.3 is 39.5 Å². The Balaban J connectivity index is 5.25. The third-order valence-corrected chi connectivity index (χ3v) is 21.8. The van der Waals surface area contributed by atoms with Gasteiger partial charge in [-0.3, -0.25) is 37.3 Å². The van der Waals surface area contributed by atoms with Crippen molar-refractivity contribution in [2.24, 2.45) is 23.7 Å². The van der Waals surface area contributed by atoms with E-state index >= 15 is 0 Å². The zero-order chi connectivity index (χ0) is 76.0. The highest BCUT2D eigenvalue weighted by atomic mass is 31.2. The normalized spacial score (nSPS) is 14.2. The molecule has 0 aromatic rings. The van der Waals surface area contributed by atoms with Crippen molar-refractivity contribution in [3.8, 4) is 0 Å². The molecule has 0 aromatic heterocycles. The van der Waals surface area contributed by atoms with Crippen LogP contribution in [0.2, 0.25) is 0 Å². The molecule has 0 aromatic carbocycles. The van der Waals surface area contributed by atoms with Crippen molar-refractivity contribution in [1.29, 1.82) is 0 Å². The highest BCUT2D eigenvalue weighted by Crippen LogP contribution is 2.45. The van der Waals surface area contributed by atoms with Crippen molar-refractivity contribution in [2.45, 2.75) is 453 Å². The molecule has 0 saturated carbocycles. The second-order valence-corrected chi connectivity index (χ2v) is 34.8. The molecule has 612 valence electrons. The van der Waals surface area contributed by atoms with Crippen LogP contribution in [0.1, 0.15) is 434 Å². The van der Waals surface area contributed by atoms with Gasteiger partial charge in [0.2, 0.25) is 0 Å². The van der Waals surface area contributed by atoms with Gasteiger partial charge in [-0.15, -0.1) is 0 Å². The maximum atomic E-state index is 13.1. The van der Waals surface area contributed by atoms with E-state index in [4.69, 9.17) is 37.0 Å². The van der Waals surface area contributed by atoms with Crippen LogP contribution in [-0.2, 0) is 65.4 Å². The molecule has 3 N–H and O–H groups in total. The van der Waals surface area contributed by atoms with Gasteiger partial charge in [-0.05, 0) is 49.4 Å². The summed E-state index contributed by atoms with van der Waals surface area (Å²) >= 11 is 0. The van der Waals surface area contributed by atoms with Crippen LogP contribution in [-0.4, -0.2) is 96.7 Å². The Morgan fingerprint density at radius 1 is 0.272 bits per heavy atom. The van der Waals surface area contributed by atoms with E-state index in [-0.39, 0.29) is 25.7 Å². The summed E-state index contributed by atoms with van der Waals surface area (Å²) in [6, 6.07) is 0. The lowest BCUT2D eigenvalue weighted by molar-refractivity contribution is -0.161. The highest BCUT2D eigenvalue weighted by molar-refractivity contribution is 7.47. The molecule has 0 aliphatic carbocycles. The molecular formula is C84H164O17P2. The van der Waals surface area contributed by atoms with Crippen LogP contribution in [0.25, 0.3) is 0 Å². The molecule has 0 spiro atoms. The molecule has 0 amide bonds. The van der Waals surface area contributed by atoms with Gasteiger partial charge in [-0.1, -0.05) is 383 Å². The van der Waals surface area contributed by atoms with Gasteiger partial charge in [0.25, 0.3) is 0 Å². The predicted octanol–water partition coefficient (Wildman–Crippen LogP) is 25.2. The van der Waals surface area contributed by atoms with Gasteiger partial charge in [0, 0.05) is 25.7 Å². The maximum Gasteiger partial charge on any atom is 0.472 e. The molecular weight excluding hydrogens is 1340 g/mol. The first-order chi connectivity index (χ1) is 49.6. The Kier molecular flexibility index (Phi) is 71.5. The summed E-state index contributed by atoms with van der Waals surface area (Å²) in [6.45, 7) is 14.3. The Morgan fingerprint density at radius 3 is 0.689 bits per heavy atom. The van der Waals surface area contributed by atoms with Crippen LogP contribution < -0.4 is 0 Å². The van der Waals surface area contributed by atoms with Gasteiger partial charge in [-0.2, -0.15) is 0 Å². The molecule has 0 saturated heterocycles. The van der Waals surface area contributed by atoms with Gasteiger partial charge in [0.1, 0.15) is 19.3 Å². The number of ether oxygens (including phenoxy) is 4. The van der Waals surface area contributed by atoms with E-state index in [2.05, 4.69) is 55.4 Å². The van der Waals surface area contributed by atoms with E-state index < -0.39 is 97.5 Å². The van der Waals surface area contributed by atoms with Crippen LogP contribution in [0.3, 0.4) is 0 Å². The molecule has 3 unspecified atom stereocenters. The average molecular weight is 1510 g/mol. The van der Waals surface area contributed by atoms with Crippen molar-refractivity contribution in [3.63, 3.8) is 0 Å². The molecule has 0 fully saturated rings. The molecule has 0 aliphatic heterocycles. The summed E-state index contributed by atoms with van der Waals surface area (Å²) in [6.07, 6.45) is 61.0. The minimum absolute atomic E-state index is 0.105. The summed E-state index contributed by atoms with van der Waals surface area (Å²) in [4.78, 5) is 73.2. The first-order valence-electron chi connectivity index (χ1n) is 43.2. The lowest BCUT2D eigenvalue weighted by atomic mass is 9.99. The number of unbranched alkanes of at least 4 members (excludes halogenated alkanes) is 46. The molecule has 17 nitrogen and oxygen atoms in total. The second kappa shape index (κ2) is 72.9. The van der Waals surface area contributed by atoms with Crippen molar-refractivity contribution < 1.29 is 80.2 Å². The zero-order valence-corrected chi connectivity index (χ0v) is 69.7. The quantitative estimate of drug-likeness (QED) is 0.0222. The fourth-order valence-electron chi connectivity index (χ4n) is 12.9. The number of phosphoric ester groups is 2. The Bertz CT molecular complexity index is 2010. The average Bonchev–Trinajstić information content (AvgIpc) is 0.915. The van der Waals surface area contributed by atoms with Crippen LogP contribution in [0.4, 0.5) is 0 Å². The number of hydrogen-bond acceptors (Lipinski definition) is 15. The SMILES string of the molecule is CCC(C)CCCCCCCCCCC(=O)OC[C@H](COP(=O)(O)OC[C@H](O)COP(=O)(O)OC[C@@H](COC(=O)CCCCCCCCCCCCCCCCC(C)C)OC(=O)CCCCCCCCCCCCCCCCCCCCC(C)C)OC(=O)CCCCCCCCCCCCC(C)C. The van der Waals surface area contributed by atoms with Crippen LogP contribution in [0, 0.1) is 23.7 Å². The number of aliphatic hydroxyl groups excluding tert-OH is 1. The van der Waals surface area contributed by atoms with Crippen molar-refractivity contribution in [3.05, 3.63) is 0 Å². The number of carbonyl (C=O) groups excluding carboxylic acids is 4. The number of carbonyl (C=O) groups is 4. The number of hydrogen-bond donors (Lipinski definition) is 3. The molecule has 0 rings (SSSR count). The second-order valence-electron chi connectivity index (χ2n) is 31.9. The van der Waals surface area contributed by atoms with E-state index in [9.17, 15) is 43.2 Å². The molecule has 19 heteroatoms. The summed E-state index contributed by atoms with van der Waals surface area (Å²) in [5.41, 5.74) is 0. The third-order valence-electron chi connectivity index (χ3n) is 19.9. The third kappa shape index (κ3) is 76.6. The Morgan fingerprint density at radius 2 is 0.466 bits per heavy atom. The zero-order valence-electron chi connectivity index (χ0n) is 68.0. The smallest absolute Gasteiger partial charge is 0.462 e. The monoisotopic (exact) mass is 1510 g/mol. The van der Waals surface area contributed by atoms with Crippen molar-refractivity contribution in [1.82, 2.24) is 0 Å². The molecule has 0 heterocycles. The van der Waals surface area contributed by atoms with Gasteiger partial charge in [0.05, 0.1) is 26.4 Å². The lowest BCUT2D eigenvalue weighted by Crippen LogP contribution is -2.30. The van der Waals surface area contributed by atoms with Crippen molar-refractivity contribution >= 4 is 39.5 Å². The standard InChI is InChI=1S/C84H164O17P2/c1-9-77(8)63-55-47-39-34-35-41-49-57-65-82(87)95-71-80(101-84(89)67-59-51-43-33-27-26-30-38-46-54-62-76(6)7)73-99-103(92,93)97-69-78(85)68-96-102(90,91)98-72-79(70-94-81(86)64-56-48-40-31-24-20-17-16-19-23-29-37-45-53-61-75(4)5)100-83(88)66-58-50-42-32-25-21-15-13-11-10-12-14-18-22-28-36-44-52-60-74(2)3/h74-80,85H,9-73H2,1-8H3,(H,90,91)(H,92,93)/t77?,78-,79-,80-/m1/s1. The van der Waals surface area contributed by atoms with Crippen LogP contribution in [0.5, 0.6) is 0 Å². The van der Waals surface area contributed by atoms with Crippen LogP contribution in [0.15, 0.2) is 0 Å². The number of phosphoric acid groups is 2. The lowest BCUT2D eigenvalue weighted by Gasteiger charge is -2.21. The fourth-order valence-corrected chi connectivity index (χ4v) is 14.5. The minimum atomic E-state index is -4.97. The Hall–Kier alpha value is -1.94. The summed E-state index contributed by atoms with van der Waals surface area (Å²) in [7, 11) is -9.93. The van der Waals surface area contributed by atoms with E-state index in [1.807, 2.05) is 0 Å². The number of esters is 4. The number of aliphatic hydroxyl groups is 1. The summed E-state index contributed by atoms with van der Waals surface area (Å²) in [5, 5.41) is 10.7. The molecule has 0 aliphatic rings. The molecule has 6 atom stereocenters. The first-order valence-corrected chi connectivity index (χ1v) is 46.2. The number of rotatable bonds is 81. The van der Waals surface area contributed by atoms with Crippen LogP contribution >= 0.6 is 15.6 Å². The van der Waals surface area contributed by atoms with Gasteiger partial charge in [0.15, 0.2) is 12.2 Å². The topological polar surface area (TPSA) is 237 Å². The minimum Gasteiger partial charge on any atom is -0.462 e. The highest BCUT2D eigenvalue weighted by Gasteiger charge is 2.30. The van der Waals surface area contributed by atoms with E-state index in [1.54, 1.807) is 0 Å². The van der Waals surface area contributed by atoms with Crippen molar-refractivity contribution in [2.75, 3.05) is 39.6 Å². The Labute approximate surface area is 632 Å². The van der Waals surface area contributed by atoms with E-state index in [1.165, 1.54) is 238 Å². The van der Waals surface area contributed by atoms with Gasteiger partial charge in [-0.25, -0.2) is 9.13 Å². The van der Waals surface area contributed by atoms with E-state index in [0.29, 0.717) is 25.7 Å². The molecule has 0 bridgehead atoms. The molecule has 103 heavy (non-hydrogen) atoms. The fraction of sp³-hybridized carbons (Fsp3) is 0.952. The largest absolute Gasteiger partial charge is 0.472 e. The molecule has 0 radical (unpaired) electrons. The van der Waals surface area contributed by atoms with Gasteiger partial charge < -0.3 is 33.8 Å². The predicted molar refractivity (Wildman–Crippen MR) is 423 cm³/mol. The first kappa shape index (κ1) is 101.